The number of piperazine rings is 1. The molecule has 5 rings (SSSR count). The molecule has 2 aromatic heterocycles. The van der Waals surface area contributed by atoms with Crippen LogP contribution in [-0.2, 0) is 17.8 Å². The van der Waals surface area contributed by atoms with Crippen LogP contribution in [0.2, 0.25) is 0 Å². The molecule has 0 unspecified atom stereocenters. The highest BCUT2D eigenvalue weighted by atomic mass is 19.1. The molecular weight excluding hydrogens is 403 g/mol. The predicted octanol–water partition coefficient (Wildman–Crippen LogP) is 2.36. The molecule has 1 aromatic carbocycles. The summed E-state index contributed by atoms with van der Waals surface area (Å²) in [5.41, 5.74) is 1.04. The van der Waals surface area contributed by atoms with E-state index in [9.17, 15) is 9.18 Å². The van der Waals surface area contributed by atoms with E-state index in [1.54, 1.807) is 35.5 Å². The maximum atomic E-state index is 14.9. The van der Waals surface area contributed by atoms with Crippen LogP contribution in [0.4, 0.5) is 20.6 Å². The maximum absolute atomic E-state index is 14.9. The molecule has 2 aliphatic heterocycles. The van der Waals surface area contributed by atoms with Gasteiger partial charge in [-0.2, -0.15) is 0 Å². The molecule has 9 nitrogen and oxygen atoms in total. The first-order valence-corrected chi connectivity index (χ1v) is 10.3. The topological polar surface area (TPSA) is 79.9 Å². The Bertz CT molecular complexity index is 1020. The van der Waals surface area contributed by atoms with Crippen LogP contribution in [0, 0.1) is 5.82 Å². The molecule has 1 amide bonds. The van der Waals surface area contributed by atoms with Gasteiger partial charge in [0.2, 0.25) is 0 Å². The Morgan fingerprint density at radius 2 is 2.03 bits per heavy atom. The normalized spacial score (nSPS) is 19.8. The summed E-state index contributed by atoms with van der Waals surface area (Å²) in [6, 6.07) is 8.77. The van der Waals surface area contributed by atoms with Crippen LogP contribution in [0.15, 0.2) is 53.4 Å². The number of carbonyl (C=O) groups is 1. The monoisotopic (exact) mass is 426 g/mol. The Morgan fingerprint density at radius 3 is 2.74 bits per heavy atom. The SMILES string of the molecule is O=C1O[C@@H](Cn2ccnn2)CN1c1ccc(N2CCN(Cc3ccco3)CC2)c(F)c1. The van der Waals surface area contributed by atoms with Crippen molar-refractivity contribution in [2.75, 3.05) is 42.5 Å². The van der Waals surface area contributed by atoms with Gasteiger partial charge >= 0.3 is 6.09 Å². The lowest BCUT2D eigenvalue weighted by atomic mass is 10.2. The average Bonchev–Trinajstić information content (AvgIpc) is 3.52. The highest BCUT2D eigenvalue weighted by Gasteiger charge is 2.33. The summed E-state index contributed by atoms with van der Waals surface area (Å²) < 4.78 is 27.4. The molecular formula is C21H23FN6O3. The molecule has 4 heterocycles. The van der Waals surface area contributed by atoms with Crippen molar-refractivity contribution in [3.05, 3.63) is 60.6 Å². The molecule has 3 aromatic rings. The van der Waals surface area contributed by atoms with Crippen LogP contribution < -0.4 is 9.80 Å². The van der Waals surface area contributed by atoms with Gasteiger partial charge in [0.05, 0.1) is 43.5 Å². The molecule has 0 aliphatic carbocycles. The van der Waals surface area contributed by atoms with Crippen molar-refractivity contribution in [3.8, 4) is 0 Å². The molecule has 162 valence electrons. The first kappa shape index (κ1) is 19.6. The largest absolute Gasteiger partial charge is 0.468 e. The summed E-state index contributed by atoms with van der Waals surface area (Å²) in [6.07, 6.45) is 4.11. The third-order valence-electron chi connectivity index (χ3n) is 5.65. The molecule has 0 saturated carbocycles. The minimum absolute atomic E-state index is 0.336. The number of nitrogens with zero attached hydrogens (tertiary/aromatic N) is 6. The number of carbonyl (C=O) groups excluding carboxylic acids is 1. The van der Waals surface area contributed by atoms with E-state index in [0.29, 0.717) is 24.5 Å². The van der Waals surface area contributed by atoms with E-state index in [1.165, 1.54) is 11.0 Å². The third-order valence-corrected chi connectivity index (χ3v) is 5.65. The van der Waals surface area contributed by atoms with Crippen LogP contribution in [0.25, 0.3) is 0 Å². The van der Waals surface area contributed by atoms with E-state index in [0.717, 1.165) is 38.5 Å². The van der Waals surface area contributed by atoms with E-state index in [1.807, 2.05) is 17.0 Å². The van der Waals surface area contributed by atoms with E-state index in [-0.39, 0.29) is 11.9 Å². The molecule has 0 N–H and O–H groups in total. The number of amides is 1. The fourth-order valence-corrected chi connectivity index (χ4v) is 4.06. The number of hydrogen-bond acceptors (Lipinski definition) is 7. The van der Waals surface area contributed by atoms with Crippen LogP contribution in [0.1, 0.15) is 5.76 Å². The number of cyclic esters (lactones) is 1. The summed E-state index contributed by atoms with van der Waals surface area (Å²) in [5, 5.41) is 7.63. The molecule has 2 fully saturated rings. The Labute approximate surface area is 178 Å². The Balaban J connectivity index is 1.21. The van der Waals surface area contributed by atoms with Gasteiger partial charge in [0.25, 0.3) is 0 Å². The van der Waals surface area contributed by atoms with E-state index < -0.39 is 6.09 Å². The van der Waals surface area contributed by atoms with Gasteiger partial charge < -0.3 is 14.1 Å². The van der Waals surface area contributed by atoms with Gasteiger partial charge in [0.15, 0.2) is 0 Å². The van der Waals surface area contributed by atoms with Gasteiger partial charge in [-0.25, -0.2) is 13.9 Å². The van der Waals surface area contributed by atoms with Crippen molar-refractivity contribution in [1.29, 1.82) is 0 Å². The number of hydrogen-bond donors (Lipinski definition) is 0. The summed E-state index contributed by atoms with van der Waals surface area (Å²) in [4.78, 5) is 18.1. The number of anilines is 2. The number of furan rings is 1. The van der Waals surface area contributed by atoms with Crippen LogP contribution in [0.5, 0.6) is 0 Å². The Morgan fingerprint density at radius 1 is 1.16 bits per heavy atom. The maximum Gasteiger partial charge on any atom is 0.414 e. The summed E-state index contributed by atoms with van der Waals surface area (Å²) in [7, 11) is 0. The van der Waals surface area contributed by atoms with Crippen molar-refractivity contribution in [1.82, 2.24) is 19.9 Å². The third kappa shape index (κ3) is 4.24. The van der Waals surface area contributed by atoms with Crippen LogP contribution in [0.3, 0.4) is 0 Å². The number of benzene rings is 1. The van der Waals surface area contributed by atoms with Gasteiger partial charge in [0, 0.05) is 32.4 Å². The highest BCUT2D eigenvalue weighted by molar-refractivity contribution is 5.90. The van der Waals surface area contributed by atoms with Gasteiger partial charge in [-0.05, 0) is 30.3 Å². The first-order valence-electron chi connectivity index (χ1n) is 10.3. The van der Waals surface area contributed by atoms with E-state index in [4.69, 9.17) is 9.15 Å². The smallest absolute Gasteiger partial charge is 0.414 e. The van der Waals surface area contributed by atoms with Gasteiger partial charge in [-0.3, -0.25) is 9.80 Å². The lowest BCUT2D eigenvalue weighted by Gasteiger charge is -2.36. The molecule has 0 radical (unpaired) electrons. The molecule has 1 atom stereocenters. The fourth-order valence-electron chi connectivity index (χ4n) is 4.06. The molecule has 31 heavy (non-hydrogen) atoms. The van der Waals surface area contributed by atoms with Crippen LogP contribution in [-0.4, -0.2) is 64.8 Å². The molecule has 10 heteroatoms. The fraction of sp³-hybridized carbons (Fsp3) is 0.381. The number of rotatable bonds is 6. The van der Waals surface area contributed by atoms with Gasteiger partial charge in [-0.1, -0.05) is 5.21 Å². The van der Waals surface area contributed by atoms with Crippen molar-refractivity contribution in [2.45, 2.75) is 19.2 Å². The van der Waals surface area contributed by atoms with E-state index >= 15 is 0 Å². The second kappa shape index (κ2) is 8.38. The highest BCUT2D eigenvalue weighted by Crippen LogP contribution is 2.29. The zero-order valence-electron chi connectivity index (χ0n) is 16.9. The molecule has 0 spiro atoms. The first-order chi connectivity index (χ1) is 15.2. The second-order valence-electron chi connectivity index (χ2n) is 7.72. The lowest BCUT2D eigenvalue weighted by Crippen LogP contribution is -2.46. The molecule has 2 aliphatic rings. The van der Waals surface area contributed by atoms with E-state index in [2.05, 4.69) is 15.2 Å². The minimum Gasteiger partial charge on any atom is -0.468 e. The Kier molecular flexibility index (Phi) is 5.29. The van der Waals surface area contributed by atoms with Gasteiger partial charge in [0.1, 0.15) is 17.7 Å². The predicted molar refractivity (Wildman–Crippen MR) is 110 cm³/mol. The molecule has 2 saturated heterocycles. The van der Waals surface area contributed by atoms with Crippen molar-refractivity contribution < 1.29 is 18.3 Å². The lowest BCUT2D eigenvalue weighted by molar-refractivity contribution is 0.129. The zero-order chi connectivity index (χ0) is 21.2. The average molecular weight is 426 g/mol. The van der Waals surface area contributed by atoms with Crippen molar-refractivity contribution in [2.24, 2.45) is 0 Å². The standard InChI is InChI=1S/C21H23FN6O3/c22-19-12-16(28-15-18(31-21(28)29)14-27-6-5-23-24-27)3-4-20(19)26-9-7-25(8-10-26)13-17-2-1-11-30-17/h1-6,11-12,18H,7-10,13-15H2/t18-/m0/s1. The second-order valence-corrected chi connectivity index (χ2v) is 7.72. The summed E-state index contributed by atoms with van der Waals surface area (Å²) in [6.45, 7) is 4.60. The van der Waals surface area contributed by atoms with Gasteiger partial charge in [-0.15, -0.1) is 5.10 Å². The van der Waals surface area contributed by atoms with Crippen LogP contribution >= 0.6 is 0 Å². The quantitative estimate of drug-likeness (QED) is 0.599. The Hall–Kier alpha value is -3.40. The summed E-state index contributed by atoms with van der Waals surface area (Å²) in [5.74, 6) is 0.591. The number of ether oxygens (including phenoxy) is 1. The number of halogens is 1. The molecule has 0 bridgehead atoms. The number of aromatic nitrogens is 3. The summed E-state index contributed by atoms with van der Waals surface area (Å²) >= 11 is 0. The van der Waals surface area contributed by atoms with Crippen molar-refractivity contribution in [3.63, 3.8) is 0 Å². The zero-order valence-corrected chi connectivity index (χ0v) is 16.9. The van der Waals surface area contributed by atoms with Crippen molar-refractivity contribution >= 4 is 17.5 Å². The minimum atomic E-state index is -0.483.